The third-order valence-electron chi connectivity index (χ3n) is 3.62. The summed E-state index contributed by atoms with van der Waals surface area (Å²) in [6.45, 7) is 3.15. The first-order chi connectivity index (χ1) is 12.9. The molecule has 0 aliphatic carbocycles. The average molecular weight is 537 g/mol. The maximum absolute atomic E-state index is 12.1. The number of nitrogens with one attached hydrogen (secondary N) is 2. The number of hydrogen-bond donors (Lipinski definition) is 3. The zero-order chi connectivity index (χ0) is 19.8. The lowest BCUT2D eigenvalue weighted by atomic mass is 10.2. The standard InChI is InChI=1S/C19H22Cl2N4O2.HI/c1-3-22-19(25(2)12-13-4-9-16(20)17(21)10-13)23-11-18(27)24-14-5-7-15(26)8-6-14;/h4-10,26H,3,11-12H2,1-2H3,(H,22,23)(H,24,27);1H. The van der Waals surface area contributed by atoms with E-state index in [0.29, 0.717) is 34.8 Å². The Balaban J connectivity index is 0.00000392. The van der Waals surface area contributed by atoms with E-state index >= 15 is 0 Å². The van der Waals surface area contributed by atoms with Gasteiger partial charge in [0.05, 0.1) is 10.0 Å². The van der Waals surface area contributed by atoms with Crippen LogP contribution in [0.15, 0.2) is 47.5 Å². The van der Waals surface area contributed by atoms with Gasteiger partial charge in [0.2, 0.25) is 5.91 Å². The SMILES string of the molecule is CCNC(=NCC(=O)Nc1ccc(O)cc1)N(C)Cc1ccc(Cl)c(Cl)c1.I. The number of carbonyl (C=O) groups excluding carboxylic acids is 1. The van der Waals surface area contributed by atoms with Crippen molar-refractivity contribution in [3.05, 3.63) is 58.1 Å². The summed E-state index contributed by atoms with van der Waals surface area (Å²) in [4.78, 5) is 18.4. The molecule has 1 amide bonds. The van der Waals surface area contributed by atoms with Gasteiger partial charge >= 0.3 is 0 Å². The molecule has 0 aliphatic heterocycles. The average Bonchev–Trinajstić information content (AvgIpc) is 2.63. The summed E-state index contributed by atoms with van der Waals surface area (Å²) in [5.74, 6) is 0.493. The first-order valence-electron chi connectivity index (χ1n) is 8.41. The van der Waals surface area contributed by atoms with Crippen molar-refractivity contribution in [3.8, 4) is 5.75 Å². The largest absolute Gasteiger partial charge is 0.508 e. The number of hydrogen-bond acceptors (Lipinski definition) is 3. The molecule has 0 bridgehead atoms. The van der Waals surface area contributed by atoms with E-state index < -0.39 is 0 Å². The number of phenolic OH excluding ortho intramolecular Hbond substituents is 1. The van der Waals surface area contributed by atoms with Crippen molar-refractivity contribution in [1.29, 1.82) is 0 Å². The molecule has 2 aromatic rings. The van der Waals surface area contributed by atoms with Gasteiger partial charge in [-0.1, -0.05) is 29.3 Å². The highest BCUT2D eigenvalue weighted by molar-refractivity contribution is 14.0. The number of halogens is 3. The molecule has 6 nitrogen and oxygen atoms in total. The Bertz CT molecular complexity index is 816. The molecular weight excluding hydrogens is 514 g/mol. The van der Waals surface area contributed by atoms with Crippen LogP contribution >= 0.6 is 47.2 Å². The molecule has 0 aliphatic rings. The van der Waals surface area contributed by atoms with Crippen LogP contribution in [-0.2, 0) is 11.3 Å². The smallest absolute Gasteiger partial charge is 0.246 e. The van der Waals surface area contributed by atoms with Crippen molar-refractivity contribution in [3.63, 3.8) is 0 Å². The lowest BCUT2D eigenvalue weighted by Gasteiger charge is -2.22. The highest BCUT2D eigenvalue weighted by Crippen LogP contribution is 2.23. The number of phenols is 1. The summed E-state index contributed by atoms with van der Waals surface area (Å²) in [6, 6.07) is 11.7. The summed E-state index contributed by atoms with van der Waals surface area (Å²) >= 11 is 12.0. The summed E-state index contributed by atoms with van der Waals surface area (Å²) in [5, 5.41) is 16.2. The van der Waals surface area contributed by atoms with Crippen LogP contribution in [-0.4, -0.2) is 42.0 Å². The molecule has 9 heteroatoms. The first-order valence-corrected chi connectivity index (χ1v) is 9.17. The fourth-order valence-corrected chi connectivity index (χ4v) is 2.67. The normalized spacial score (nSPS) is 10.8. The maximum Gasteiger partial charge on any atom is 0.246 e. The van der Waals surface area contributed by atoms with Gasteiger partial charge in [-0.15, -0.1) is 24.0 Å². The second kappa shape index (κ2) is 12.0. The predicted octanol–water partition coefficient (Wildman–Crippen LogP) is 4.35. The van der Waals surface area contributed by atoms with E-state index in [4.69, 9.17) is 23.2 Å². The predicted molar refractivity (Wildman–Crippen MR) is 126 cm³/mol. The molecule has 0 fully saturated rings. The van der Waals surface area contributed by atoms with Gasteiger partial charge in [-0.25, -0.2) is 4.99 Å². The molecule has 28 heavy (non-hydrogen) atoms. The lowest BCUT2D eigenvalue weighted by molar-refractivity contribution is -0.114. The van der Waals surface area contributed by atoms with E-state index in [-0.39, 0.29) is 42.2 Å². The van der Waals surface area contributed by atoms with E-state index in [0.717, 1.165) is 5.56 Å². The topological polar surface area (TPSA) is 77.0 Å². The van der Waals surface area contributed by atoms with Crippen molar-refractivity contribution in [1.82, 2.24) is 10.2 Å². The summed E-state index contributed by atoms with van der Waals surface area (Å²) in [5.41, 5.74) is 1.58. The molecule has 152 valence electrons. The van der Waals surface area contributed by atoms with Gasteiger partial charge in [-0.2, -0.15) is 0 Å². The minimum Gasteiger partial charge on any atom is -0.508 e. The molecule has 0 spiro atoms. The second-order valence-electron chi connectivity index (χ2n) is 5.87. The Labute approximate surface area is 192 Å². The van der Waals surface area contributed by atoms with Gasteiger partial charge in [0.15, 0.2) is 5.96 Å². The quantitative estimate of drug-likeness (QED) is 0.222. The van der Waals surface area contributed by atoms with Gasteiger partial charge in [0.1, 0.15) is 12.3 Å². The molecule has 3 N–H and O–H groups in total. The Morgan fingerprint density at radius 2 is 1.82 bits per heavy atom. The van der Waals surface area contributed by atoms with Crippen molar-refractivity contribution in [2.24, 2.45) is 4.99 Å². The second-order valence-corrected chi connectivity index (χ2v) is 6.68. The van der Waals surface area contributed by atoms with Crippen LogP contribution in [0.3, 0.4) is 0 Å². The maximum atomic E-state index is 12.1. The van der Waals surface area contributed by atoms with Crippen molar-refractivity contribution >= 4 is 64.7 Å². The molecule has 0 atom stereocenters. The fourth-order valence-electron chi connectivity index (χ4n) is 2.35. The van der Waals surface area contributed by atoms with Crippen LogP contribution in [0.1, 0.15) is 12.5 Å². The van der Waals surface area contributed by atoms with Gasteiger partial charge in [-0.05, 0) is 48.9 Å². The molecule has 2 aromatic carbocycles. The van der Waals surface area contributed by atoms with E-state index in [2.05, 4.69) is 15.6 Å². The van der Waals surface area contributed by atoms with Crippen LogP contribution in [0.2, 0.25) is 10.0 Å². The Kier molecular flexibility index (Phi) is 10.4. The third kappa shape index (κ3) is 7.73. The van der Waals surface area contributed by atoms with Crippen LogP contribution in [0.25, 0.3) is 0 Å². The van der Waals surface area contributed by atoms with Crippen LogP contribution in [0.5, 0.6) is 5.75 Å². The Hall–Kier alpha value is -1.71. The lowest BCUT2D eigenvalue weighted by Crippen LogP contribution is -2.39. The molecular formula is C19H23Cl2IN4O2. The van der Waals surface area contributed by atoms with Crippen molar-refractivity contribution < 1.29 is 9.90 Å². The van der Waals surface area contributed by atoms with E-state index in [1.54, 1.807) is 18.2 Å². The van der Waals surface area contributed by atoms with Gasteiger partial charge in [-0.3, -0.25) is 4.79 Å². The monoisotopic (exact) mass is 536 g/mol. The zero-order valence-corrected chi connectivity index (χ0v) is 19.4. The van der Waals surface area contributed by atoms with Gasteiger partial charge < -0.3 is 20.6 Å². The van der Waals surface area contributed by atoms with Crippen LogP contribution < -0.4 is 10.6 Å². The molecule has 2 rings (SSSR count). The number of nitrogens with zero attached hydrogens (tertiary/aromatic N) is 2. The van der Waals surface area contributed by atoms with Gasteiger partial charge in [0, 0.05) is 25.8 Å². The van der Waals surface area contributed by atoms with Gasteiger partial charge in [0.25, 0.3) is 0 Å². The molecule has 0 heterocycles. The van der Waals surface area contributed by atoms with E-state index in [1.165, 1.54) is 12.1 Å². The summed E-state index contributed by atoms with van der Waals surface area (Å²) in [6.07, 6.45) is 0. The Morgan fingerprint density at radius 1 is 1.14 bits per heavy atom. The number of aromatic hydroxyl groups is 1. The number of carbonyl (C=O) groups is 1. The third-order valence-corrected chi connectivity index (χ3v) is 4.36. The summed E-state index contributed by atoms with van der Waals surface area (Å²) in [7, 11) is 1.88. The Morgan fingerprint density at radius 3 is 2.43 bits per heavy atom. The fraction of sp³-hybridized carbons (Fsp3) is 0.263. The van der Waals surface area contributed by atoms with Crippen LogP contribution in [0.4, 0.5) is 5.69 Å². The minimum atomic E-state index is -0.251. The molecule has 0 aromatic heterocycles. The number of anilines is 1. The first kappa shape index (κ1) is 24.3. The minimum absolute atomic E-state index is 0. The van der Waals surface area contributed by atoms with Crippen molar-refractivity contribution in [2.75, 3.05) is 25.5 Å². The molecule has 0 saturated carbocycles. The molecule has 0 unspecified atom stereocenters. The summed E-state index contributed by atoms with van der Waals surface area (Å²) < 4.78 is 0. The number of rotatable bonds is 6. The van der Waals surface area contributed by atoms with Crippen molar-refractivity contribution in [2.45, 2.75) is 13.5 Å². The number of guanidine groups is 1. The highest BCUT2D eigenvalue weighted by Gasteiger charge is 2.09. The van der Waals surface area contributed by atoms with E-state index in [1.807, 2.05) is 31.0 Å². The molecule has 0 radical (unpaired) electrons. The number of amides is 1. The molecule has 0 saturated heterocycles. The zero-order valence-electron chi connectivity index (χ0n) is 15.6. The number of aliphatic imine (C=N–C) groups is 1. The van der Waals surface area contributed by atoms with E-state index in [9.17, 15) is 9.90 Å². The highest BCUT2D eigenvalue weighted by atomic mass is 127. The van der Waals surface area contributed by atoms with Crippen LogP contribution in [0, 0.1) is 0 Å². The number of benzene rings is 2.